The first-order valence-electron chi connectivity index (χ1n) is 7.11. The van der Waals surface area contributed by atoms with Crippen LogP contribution in [0.3, 0.4) is 0 Å². The first kappa shape index (κ1) is 14.0. The Kier molecular flexibility index (Phi) is 3.67. The Hall–Kier alpha value is -2.99. The van der Waals surface area contributed by atoms with Gasteiger partial charge in [-0.05, 0) is 31.4 Å². The lowest BCUT2D eigenvalue weighted by molar-refractivity contribution is 0.0986. The highest BCUT2D eigenvalue weighted by molar-refractivity contribution is 5.98. The van der Waals surface area contributed by atoms with Crippen LogP contribution < -0.4 is 0 Å². The van der Waals surface area contributed by atoms with E-state index in [1.165, 1.54) is 6.20 Å². The second kappa shape index (κ2) is 5.79. The molecule has 2 aromatic rings. The third-order valence-corrected chi connectivity index (χ3v) is 3.76. The maximum Gasteiger partial charge on any atom is 0.190 e. The van der Waals surface area contributed by atoms with Crippen molar-refractivity contribution in [3.63, 3.8) is 0 Å². The van der Waals surface area contributed by atoms with Crippen molar-refractivity contribution in [1.29, 1.82) is 10.5 Å². The van der Waals surface area contributed by atoms with E-state index in [-0.39, 0.29) is 17.9 Å². The third-order valence-electron chi connectivity index (χ3n) is 3.76. The molecule has 0 aromatic carbocycles. The van der Waals surface area contributed by atoms with Crippen molar-refractivity contribution in [2.75, 3.05) is 0 Å². The normalized spacial score (nSPS) is 13.0. The number of hydrogen-bond donors (Lipinski definition) is 0. The number of aryl methyl sites for hydroxylation is 1. The fourth-order valence-electron chi connectivity index (χ4n) is 2.65. The summed E-state index contributed by atoms with van der Waals surface area (Å²) in [4.78, 5) is 16.5. The number of aromatic nitrogens is 3. The van der Waals surface area contributed by atoms with Crippen LogP contribution in [0, 0.1) is 22.7 Å². The molecule has 0 N–H and O–H groups in total. The maximum absolute atomic E-state index is 12.4. The molecule has 0 atom stereocenters. The SMILES string of the molecule is N#Cc1ccc(CC(=O)c2nn3c(c2C#N)CCCC3)nc1. The Labute approximate surface area is 127 Å². The van der Waals surface area contributed by atoms with E-state index in [0.717, 1.165) is 31.5 Å². The first-order chi connectivity index (χ1) is 10.7. The van der Waals surface area contributed by atoms with Gasteiger partial charge in [-0.2, -0.15) is 15.6 Å². The lowest BCUT2D eigenvalue weighted by Crippen LogP contribution is -2.12. The molecule has 22 heavy (non-hydrogen) atoms. The molecule has 0 saturated carbocycles. The molecule has 0 fully saturated rings. The van der Waals surface area contributed by atoms with Gasteiger partial charge in [-0.3, -0.25) is 14.5 Å². The van der Waals surface area contributed by atoms with E-state index in [0.29, 0.717) is 16.8 Å². The standard InChI is InChI=1S/C16H13N5O/c17-8-11-4-5-12(19-10-11)7-15(22)16-13(9-18)14-3-1-2-6-21(14)20-16/h4-5,10H,1-3,6-7H2. The number of hydrogen-bond acceptors (Lipinski definition) is 5. The van der Waals surface area contributed by atoms with Crippen LogP contribution >= 0.6 is 0 Å². The second-order valence-corrected chi connectivity index (χ2v) is 5.21. The van der Waals surface area contributed by atoms with Crippen molar-refractivity contribution in [2.45, 2.75) is 32.2 Å². The van der Waals surface area contributed by atoms with Crippen molar-refractivity contribution >= 4 is 5.78 Å². The summed E-state index contributed by atoms with van der Waals surface area (Å²) >= 11 is 0. The molecule has 6 heteroatoms. The van der Waals surface area contributed by atoms with Gasteiger partial charge in [-0.15, -0.1) is 0 Å². The van der Waals surface area contributed by atoms with Crippen LogP contribution in [-0.2, 0) is 19.4 Å². The smallest absolute Gasteiger partial charge is 0.190 e. The van der Waals surface area contributed by atoms with E-state index in [9.17, 15) is 10.1 Å². The highest BCUT2D eigenvalue weighted by atomic mass is 16.1. The van der Waals surface area contributed by atoms with Gasteiger partial charge in [0.15, 0.2) is 5.78 Å². The summed E-state index contributed by atoms with van der Waals surface area (Å²) in [6, 6.07) is 7.38. The fraction of sp³-hybridized carbons (Fsp3) is 0.312. The zero-order chi connectivity index (χ0) is 15.5. The molecule has 0 amide bonds. The van der Waals surface area contributed by atoms with E-state index in [1.54, 1.807) is 16.8 Å². The number of pyridine rings is 1. The van der Waals surface area contributed by atoms with Crippen LogP contribution in [-0.4, -0.2) is 20.5 Å². The number of nitrogens with zero attached hydrogens (tertiary/aromatic N) is 5. The number of rotatable bonds is 3. The van der Waals surface area contributed by atoms with E-state index in [2.05, 4.69) is 16.2 Å². The lowest BCUT2D eigenvalue weighted by Gasteiger charge is -2.12. The monoisotopic (exact) mass is 291 g/mol. The molecule has 1 aliphatic rings. The number of carbonyl (C=O) groups is 1. The molecule has 0 bridgehead atoms. The maximum atomic E-state index is 12.4. The minimum atomic E-state index is -0.212. The molecule has 3 heterocycles. The fourth-order valence-corrected chi connectivity index (χ4v) is 2.65. The zero-order valence-corrected chi connectivity index (χ0v) is 11.9. The lowest BCUT2D eigenvalue weighted by atomic mass is 10.0. The minimum absolute atomic E-state index is 0.0802. The van der Waals surface area contributed by atoms with Crippen molar-refractivity contribution in [1.82, 2.24) is 14.8 Å². The summed E-state index contributed by atoms with van der Waals surface area (Å²) < 4.78 is 1.78. The predicted octanol–water partition coefficient (Wildman–Crippen LogP) is 1.78. The molecule has 3 rings (SSSR count). The predicted molar refractivity (Wildman–Crippen MR) is 76.9 cm³/mol. The van der Waals surface area contributed by atoms with Gasteiger partial charge in [0.05, 0.1) is 17.7 Å². The van der Waals surface area contributed by atoms with Crippen molar-refractivity contribution in [2.24, 2.45) is 0 Å². The second-order valence-electron chi connectivity index (χ2n) is 5.21. The van der Waals surface area contributed by atoms with E-state index in [1.807, 2.05) is 6.07 Å². The number of Topliss-reactive ketones (excluding diaryl/α,β-unsaturated/α-hetero) is 1. The van der Waals surface area contributed by atoms with E-state index < -0.39 is 0 Å². The summed E-state index contributed by atoms with van der Waals surface area (Å²) in [5, 5.41) is 22.4. The third kappa shape index (κ3) is 2.47. The summed E-state index contributed by atoms with van der Waals surface area (Å²) in [7, 11) is 0. The van der Waals surface area contributed by atoms with Crippen LogP contribution in [0.25, 0.3) is 0 Å². The van der Waals surface area contributed by atoms with E-state index >= 15 is 0 Å². The highest BCUT2D eigenvalue weighted by Crippen LogP contribution is 2.22. The molecule has 1 aliphatic heterocycles. The molecular weight excluding hydrogens is 278 g/mol. The molecular formula is C16H13N5O. The molecule has 0 radical (unpaired) electrons. The minimum Gasteiger partial charge on any atom is -0.292 e. The van der Waals surface area contributed by atoms with Gasteiger partial charge in [0, 0.05) is 18.4 Å². The number of carbonyl (C=O) groups excluding carboxylic acids is 1. The van der Waals surface area contributed by atoms with Gasteiger partial charge in [0.25, 0.3) is 0 Å². The zero-order valence-electron chi connectivity index (χ0n) is 11.9. The molecule has 6 nitrogen and oxygen atoms in total. The summed E-state index contributed by atoms with van der Waals surface area (Å²) in [6.45, 7) is 0.756. The Balaban J connectivity index is 1.87. The van der Waals surface area contributed by atoms with Crippen molar-refractivity contribution in [3.05, 3.63) is 46.5 Å². The largest absolute Gasteiger partial charge is 0.292 e. The van der Waals surface area contributed by atoms with Gasteiger partial charge in [-0.25, -0.2) is 0 Å². The Morgan fingerprint density at radius 1 is 1.27 bits per heavy atom. The molecule has 0 aliphatic carbocycles. The van der Waals surface area contributed by atoms with Gasteiger partial charge in [0.1, 0.15) is 23.4 Å². The summed E-state index contributed by atoms with van der Waals surface area (Å²) in [5.74, 6) is -0.212. The van der Waals surface area contributed by atoms with Crippen LogP contribution in [0.5, 0.6) is 0 Å². The average molecular weight is 291 g/mol. The average Bonchev–Trinajstić information content (AvgIpc) is 2.94. The Bertz CT molecular complexity index is 805. The van der Waals surface area contributed by atoms with Crippen LogP contribution in [0.15, 0.2) is 18.3 Å². The van der Waals surface area contributed by atoms with Crippen LogP contribution in [0.2, 0.25) is 0 Å². The van der Waals surface area contributed by atoms with Gasteiger partial charge >= 0.3 is 0 Å². The number of nitriles is 2. The van der Waals surface area contributed by atoms with Gasteiger partial charge in [-0.1, -0.05) is 0 Å². The van der Waals surface area contributed by atoms with Crippen LogP contribution in [0.4, 0.5) is 0 Å². The summed E-state index contributed by atoms with van der Waals surface area (Å²) in [5.41, 5.74) is 2.53. The van der Waals surface area contributed by atoms with Crippen molar-refractivity contribution in [3.8, 4) is 12.1 Å². The molecule has 0 spiro atoms. The Morgan fingerprint density at radius 2 is 2.14 bits per heavy atom. The van der Waals surface area contributed by atoms with E-state index in [4.69, 9.17) is 5.26 Å². The quantitative estimate of drug-likeness (QED) is 0.803. The first-order valence-corrected chi connectivity index (χ1v) is 7.11. The summed E-state index contributed by atoms with van der Waals surface area (Å²) in [6.07, 6.45) is 4.34. The Morgan fingerprint density at radius 3 is 2.82 bits per heavy atom. The van der Waals surface area contributed by atoms with Crippen molar-refractivity contribution < 1.29 is 4.79 Å². The topological polar surface area (TPSA) is 95.4 Å². The van der Waals surface area contributed by atoms with Gasteiger partial charge in [0.2, 0.25) is 0 Å². The van der Waals surface area contributed by atoms with Gasteiger partial charge < -0.3 is 0 Å². The number of ketones is 1. The highest BCUT2D eigenvalue weighted by Gasteiger charge is 2.24. The van der Waals surface area contributed by atoms with Crippen LogP contribution in [0.1, 0.15) is 45.8 Å². The molecule has 0 saturated heterocycles. The molecule has 108 valence electrons. The molecule has 2 aromatic heterocycles. The number of fused-ring (bicyclic) bond motifs is 1. The molecule has 0 unspecified atom stereocenters.